The fourth-order valence-electron chi connectivity index (χ4n) is 1.49. The highest BCUT2D eigenvalue weighted by molar-refractivity contribution is 14.1. The minimum Gasteiger partial charge on any atom is -0.455 e. The molecule has 9 heteroatoms. The van der Waals surface area contributed by atoms with Crippen molar-refractivity contribution in [2.75, 3.05) is 0 Å². The predicted molar refractivity (Wildman–Crippen MR) is 91.7 cm³/mol. The second-order valence-corrected chi connectivity index (χ2v) is 6.17. The highest BCUT2D eigenvalue weighted by Crippen LogP contribution is 2.33. The summed E-state index contributed by atoms with van der Waals surface area (Å²) in [7, 11) is 0. The number of hydrogen-bond donors (Lipinski definition) is 0. The van der Waals surface area contributed by atoms with Crippen LogP contribution in [-0.4, -0.2) is 9.85 Å². The number of rotatable bonds is 4. The molecule has 2 rings (SSSR count). The van der Waals surface area contributed by atoms with Crippen LogP contribution in [0.5, 0.6) is 11.5 Å². The number of nitro benzene ring substituents is 2. The van der Waals surface area contributed by atoms with Crippen molar-refractivity contribution in [3.8, 4) is 11.5 Å². The molecule has 7 nitrogen and oxygen atoms in total. The minimum atomic E-state index is -0.485. The summed E-state index contributed by atoms with van der Waals surface area (Å²) in [6.45, 7) is 0. The molecule has 0 N–H and O–H groups in total. The molecule has 0 aliphatic carbocycles. The fourth-order valence-corrected chi connectivity index (χ4v) is 2.71. The molecule has 0 radical (unpaired) electrons. The highest BCUT2D eigenvalue weighted by Gasteiger charge is 2.14. The molecular formula is C12H6I2N2O5. The van der Waals surface area contributed by atoms with Crippen LogP contribution in [0, 0.1) is 27.4 Å². The lowest BCUT2D eigenvalue weighted by atomic mass is 10.3. The molecule has 0 saturated heterocycles. The van der Waals surface area contributed by atoms with Gasteiger partial charge in [0.15, 0.2) is 0 Å². The second kappa shape index (κ2) is 6.51. The maximum Gasteiger partial charge on any atom is 0.270 e. The first-order valence-corrected chi connectivity index (χ1v) is 7.60. The van der Waals surface area contributed by atoms with Crippen LogP contribution >= 0.6 is 45.2 Å². The second-order valence-electron chi connectivity index (χ2n) is 3.85. The quantitative estimate of drug-likeness (QED) is 0.342. The van der Waals surface area contributed by atoms with Gasteiger partial charge in [-0.05, 0) is 57.3 Å². The molecule has 0 atom stereocenters. The van der Waals surface area contributed by atoms with E-state index in [0.29, 0.717) is 18.6 Å². The van der Waals surface area contributed by atoms with Crippen LogP contribution < -0.4 is 4.74 Å². The zero-order valence-corrected chi connectivity index (χ0v) is 14.5. The Kier molecular flexibility index (Phi) is 4.92. The molecule has 0 bridgehead atoms. The van der Waals surface area contributed by atoms with Crippen LogP contribution in [0.2, 0.25) is 0 Å². The van der Waals surface area contributed by atoms with Crippen LogP contribution in [0.15, 0.2) is 36.4 Å². The average Bonchev–Trinajstić information content (AvgIpc) is 2.42. The number of ether oxygens (including phenoxy) is 1. The van der Waals surface area contributed by atoms with E-state index < -0.39 is 9.85 Å². The predicted octanol–water partition coefficient (Wildman–Crippen LogP) is 4.50. The van der Waals surface area contributed by atoms with E-state index in [1.807, 2.05) is 45.2 Å². The van der Waals surface area contributed by atoms with E-state index in [0.717, 1.165) is 0 Å². The van der Waals surface area contributed by atoms with Crippen molar-refractivity contribution >= 4 is 56.6 Å². The molecule has 0 heterocycles. The number of halogens is 2. The summed E-state index contributed by atoms with van der Waals surface area (Å²) >= 11 is 3.87. The molecule has 0 aliphatic rings. The standard InChI is InChI=1S/C12H6I2N2O5/c13-9-5-7(15(17)18)1-3-11(9)21-12-4-2-8(16(19)20)6-10(12)14/h1-6H. The van der Waals surface area contributed by atoms with E-state index in [-0.39, 0.29) is 11.4 Å². The number of nitro groups is 2. The molecule has 0 aromatic heterocycles. The molecule has 0 aliphatic heterocycles. The Bertz CT molecular complexity index is 674. The van der Waals surface area contributed by atoms with Gasteiger partial charge in [0.1, 0.15) is 11.5 Å². The molecule has 0 saturated carbocycles. The van der Waals surface area contributed by atoms with Crippen molar-refractivity contribution in [1.82, 2.24) is 0 Å². The normalized spacial score (nSPS) is 10.2. The Morgan fingerprint density at radius 1 is 0.810 bits per heavy atom. The van der Waals surface area contributed by atoms with Gasteiger partial charge in [0.2, 0.25) is 0 Å². The Balaban J connectivity index is 2.30. The Hall–Kier alpha value is -1.50. The van der Waals surface area contributed by atoms with Crippen LogP contribution in [0.3, 0.4) is 0 Å². The lowest BCUT2D eigenvalue weighted by Crippen LogP contribution is -1.94. The smallest absolute Gasteiger partial charge is 0.270 e. The van der Waals surface area contributed by atoms with Crippen molar-refractivity contribution < 1.29 is 14.6 Å². The number of nitrogens with zero attached hydrogens (tertiary/aromatic N) is 2. The van der Waals surface area contributed by atoms with Crippen LogP contribution in [0.25, 0.3) is 0 Å². The van der Waals surface area contributed by atoms with Gasteiger partial charge in [0, 0.05) is 24.3 Å². The molecule has 0 fully saturated rings. The maximum absolute atomic E-state index is 10.7. The minimum absolute atomic E-state index is 0.0230. The largest absolute Gasteiger partial charge is 0.455 e. The SMILES string of the molecule is O=[N+]([O-])c1ccc(Oc2ccc([N+](=O)[O-])cc2I)c(I)c1. The van der Waals surface area contributed by atoms with E-state index in [1.54, 1.807) is 0 Å². The average molecular weight is 512 g/mol. The molecule has 0 unspecified atom stereocenters. The van der Waals surface area contributed by atoms with E-state index in [9.17, 15) is 20.2 Å². The maximum atomic E-state index is 10.7. The third-order valence-corrected chi connectivity index (χ3v) is 4.16. The Morgan fingerprint density at radius 2 is 1.19 bits per heavy atom. The van der Waals surface area contributed by atoms with Crippen LogP contribution in [-0.2, 0) is 0 Å². The van der Waals surface area contributed by atoms with Crippen molar-refractivity contribution in [2.45, 2.75) is 0 Å². The number of hydrogen-bond acceptors (Lipinski definition) is 5. The van der Waals surface area contributed by atoms with Crippen LogP contribution in [0.1, 0.15) is 0 Å². The topological polar surface area (TPSA) is 95.5 Å². The lowest BCUT2D eigenvalue weighted by Gasteiger charge is -2.09. The van der Waals surface area contributed by atoms with Gasteiger partial charge in [-0.15, -0.1) is 0 Å². The van der Waals surface area contributed by atoms with Crippen molar-refractivity contribution in [3.05, 3.63) is 63.8 Å². The number of non-ortho nitro benzene ring substituents is 2. The zero-order chi connectivity index (χ0) is 15.6. The summed E-state index contributed by atoms with van der Waals surface area (Å²) in [6.07, 6.45) is 0. The fraction of sp³-hybridized carbons (Fsp3) is 0. The van der Waals surface area contributed by atoms with Gasteiger partial charge >= 0.3 is 0 Å². The van der Waals surface area contributed by atoms with Gasteiger partial charge in [-0.3, -0.25) is 20.2 Å². The molecule has 2 aromatic rings. The highest BCUT2D eigenvalue weighted by atomic mass is 127. The van der Waals surface area contributed by atoms with E-state index in [1.165, 1.54) is 36.4 Å². The third kappa shape index (κ3) is 3.78. The Labute approximate surface area is 145 Å². The first-order valence-electron chi connectivity index (χ1n) is 5.44. The first-order chi connectivity index (χ1) is 9.88. The van der Waals surface area contributed by atoms with E-state index in [4.69, 9.17) is 4.74 Å². The van der Waals surface area contributed by atoms with E-state index >= 15 is 0 Å². The first kappa shape index (κ1) is 15.9. The molecule has 21 heavy (non-hydrogen) atoms. The molecule has 2 aromatic carbocycles. The van der Waals surface area contributed by atoms with Crippen LogP contribution in [0.4, 0.5) is 11.4 Å². The summed E-state index contributed by atoms with van der Waals surface area (Å²) in [6, 6.07) is 8.47. The van der Waals surface area contributed by atoms with Gasteiger partial charge in [0.25, 0.3) is 11.4 Å². The van der Waals surface area contributed by atoms with Gasteiger partial charge in [0.05, 0.1) is 17.0 Å². The summed E-state index contributed by atoms with van der Waals surface area (Å²) in [5.74, 6) is 0.904. The third-order valence-electron chi connectivity index (χ3n) is 2.47. The van der Waals surface area contributed by atoms with Gasteiger partial charge in [-0.2, -0.15) is 0 Å². The van der Waals surface area contributed by atoms with Crippen molar-refractivity contribution in [1.29, 1.82) is 0 Å². The van der Waals surface area contributed by atoms with Gasteiger partial charge in [-0.25, -0.2) is 0 Å². The summed E-state index contributed by atoms with van der Waals surface area (Å²) in [5, 5.41) is 21.3. The summed E-state index contributed by atoms with van der Waals surface area (Å²) in [4.78, 5) is 20.4. The molecule has 0 spiro atoms. The van der Waals surface area contributed by atoms with Crippen molar-refractivity contribution in [3.63, 3.8) is 0 Å². The van der Waals surface area contributed by atoms with E-state index in [2.05, 4.69) is 0 Å². The molecular weight excluding hydrogens is 506 g/mol. The summed E-state index contributed by atoms with van der Waals surface area (Å²) < 4.78 is 6.81. The summed E-state index contributed by atoms with van der Waals surface area (Å²) in [5.41, 5.74) is -0.0460. The van der Waals surface area contributed by atoms with Gasteiger partial charge < -0.3 is 4.74 Å². The zero-order valence-electron chi connectivity index (χ0n) is 10.2. The van der Waals surface area contributed by atoms with Gasteiger partial charge in [-0.1, -0.05) is 0 Å². The number of benzene rings is 2. The van der Waals surface area contributed by atoms with Crippen molar-refractivity contribution in [2.24, 2.45) is 0 Å². The lowest BCUT2D eigenvalue weighted by molar-refractivity contribution is -0.385. The monoisotopic (exact) mass is 512 g/mol. The molecule has 108 valence electrons. The molecule has 0 amide bonds. The Morgan fingerprint density at radius 3 is 1.48 bits per heavy atom.